The van der Waals surface area contributed by atoms with Crippen LogP contribution >= 0.6 is 24.0 Å². The zero-order chi connectivity index (χ0) is 22.3. The molecule has 1 aliphatic rings. The lowest BCUT2D eigenvalue weighted by molar-refractivity contribution is -0.137. The minimum absolute atomic E-state index is 0. The van der Waals surface area contributed by atoms with E-state index < -0.39 is 17.8 Å². The summed E-state index contributed by atoms with van der Waals surface area (Å²) in [6.45, 7) is 4.49. The van der Waals surface area contributed by atoms with Crippen molar-refractivity contribution in [2.75, 3.05) is 39.3 Å². The van der Waals surface area contributed by atoms with Crippen LogP contribution in [0.3, 0.4) is 0 Å². The van der Waals surface area contributed by atoms with Gasteiger partial charge < -0.3 is 24.7 Å². The molecular weight excluding hydrogens is 540 g/mol. The van der Waals surface area contributed by atoms with Crippen molar-refractivity contribution in [2.45, 2.75) is 19.2 Å². The average molecular weight is 566 g/mol. The van der Waals surface area contributed by atoms with Gasteiger partial charge in [-0.2, -0.15) is 13.2 Å². The van der Waals surface area contributed by atoms with Crippen LogP contribution in [0.15, 0.2) is 52.1 Å². The van der Waals surface area contributed by atoms with Crippen molar-refractivity contribution < 1.29 is 27.1 Å². The molecule has 1 saturated heterocycles. The number of rotatable bonds is 6. The van der Waals surface area contributed by atoms with Gasteiger partial charge >= 0.3 is 6.18 Å². The molecule has 0 saturated carbocycles. The molecular formula is C21H26F3IN4O3. The zero-order valence-corrected chi connectivity index (χ0v) is 19.9. The number of nitrogens with zero attached hydrogens (tertiary/aromatic N) is 2. The molecule has 11 heteroatoms. The number of carbonyl (C=O) groups excluding carboxylic acids is 1. The van der Waals surface area contributed by atoms with Crippen molar-refractivity contribution >= 4 is 35.8 Å². The van der Waals surface area contributed by atoms with E-state index in [4.69, 9.17) is 9.15 Å². The van der Waals surface area contributed by atoms with E-state index in [0.717, 1.165) is 12.1 Å². The van der Waals surface area contributed by atoms with E-state index in [1.54, 1.807) is 18.2 Å². The molecule has 1 fully saturated rings. The minimum Gasteiger partial charge on any atom is -0.459 e. The van der Waals surface area contributed by atoms with E-state index in [0.29, 0.717) is 50.9 Å². The number of hydrogen-bond donors (Lipinski definition) is 2. The normalized spacial score (nSPS) is 16.9. The molecule has 176 valence electrons. The summed E-state index contributed by atoms with van der Waals surface area (Å²) in [4.78, 5) is 18.4. The Hall–Kier alpha value is -2.28. The van der Waals surface area contributed by atoms with Gasteiger partial charge in [-0.05, 0) is 36.8 Å². The number of aliphatic imine (C=N–C) groups is 1. The van der Waals surface area contributed by atoms with Crippen LogP contribution in [0.5, 0.6) is 0 Å². The number of carbonyl (C=O) groups is 1. The zero-order valence-electron chi connectivity index (χ0n) is 17.5. The van der Waals surface area contributed by atoms with Crippen molar-refractivity contribution in [1.82, 2.24) is 15.5 Å². The van der Waals surface area contributed by atoms with Crippen molar-refractivity contribution in [3.8, 4) is 0 Å². The van der Waals surface area contributed by atoms with Gasteiger partial charge in [0, 0.05) is 19.6 Å². The van der Waals surface area contributed by atoms with Gasteiger partial charge in [-0.1, -0.05) is 12.1 Å². The molecule has 0 radical (unpaired) electrons. The summed E-state index contributed by atoms with van der Waals surface area (Å²) in [5.41, 5.74) is -0.223. The Labute approximate surface area is 201 Å². The molecule has 1 unspecified atom stereocenters. The number of ether oxygens (including phenoxy) is 1. The quantitative estimate of drug-likeness (QED) is 0.242. The fourth-order valence-electron chi connectivity index (χ4n) is 3.21. The number of morpholine rings is 1. The topological polar surface area (TPSA) is 79.1 Å². The van der Waals surface area contributed by atoms with Gasteiger partial charge in [0.15, 0.2) is 11.7 Å². The third-order valence-electron chi connectivity index (χ3n) is 4.69. The highest BCUT2D eigenvalue weighted by Crippen LogP contribution is 2.32. The SMILES string of the molecule is CCNC(=NCCNC(=O)c1ccco1)N1CCOC(c2cccc(C(F)(F)F)c2)C1.I. The first-order valence-electron chi connectivity index (χ1n) is 10.0. The second-order valence-electron chi connectivity index (χ2n) is 6.90. The first-order valence-corrected chi connectivity index (χ1v) is 10.0. The van der Waals surface area contributed by atoms with Gasteiger partial charge in [-0.3, -0.25) is 9.79 Å². The third kappa shape index (κ3) is 7.12. The van der Waals surface area contributed by atoms with Crippen LogP contribution in [0.4, 0.5) is 13.2 Å². The summed E-state index contributed by atoms with van der Waals surface area (Å²) in [7, 11) is 0. The summed E-state index contributed by atoms with van der Waals surface area (Å²) in [6, 6.07) is 8.41. The van der Waals surface area contributed by atoms with Gasteiger partial charge in [0.1, 0.15) is 6.10 Å². The number of hydrogen-bond acceptors (Lipinski definition) is 4. The first-order chi connectivity index (χ1) is 14.9. The van der Waals surface area contributed by atoms with Crippen LogP contribution in [0.2, 0.25) is 0 Å². The summed E-state index contributed by atoms with van der Waals surface area (Å²) >= 11 is 0. The Morgan fingerprint density at radius 2 is 2.06 bits per heavy atom. The van der Waals surface area contributed by atoms with Crippen molar-refractivity contribution in [1.29, 1.82) is 0 Å². The predicted octanol–water partition coefficient (Wildman–Crippen LogP) is 3.69. The summed E-state index contributed by atoms with van der Waals surface area (Å²) in [5.74, 6) is 0.532. The number of nitrogens with one attached hydrogen (secondary N) is 2. The van der Waals surface area contributed by atoms with Crippen molar-refractivity contribution in [3.05, 3.63) is 59.5 Å². The Bertz CT molecular complexity index is 891. The van der Waals surface area contributed by atoms with E-state index in [-0.39, 0.29) is 35.6 Å². The molecule has 0 bridgehead atoms. The highest BCUT2D eigenvalue weighted by atomic mass is 127. The summed E-state index contributed by atoms with van der Waals surface area (Å²) in [5, 5.41) is 5.91. The maximum absolute atomic E-state index is 13.0. The van der Waals surface area contributed by atoms with Gasteiger partial charge in [0.25, 0.3) is 5.91 Å². The summed E-state index contributed by atoms with van der Waals surface area (Å²) < 4.78 is 49.9. The van der Waals surface area contributed by atoms with Gasteiger partial charge in [-0.15, -0.1) is 24.0 Å². The maximum Gasteiger partial charge on any atom is 0.416 e. The molecule has 3 rings (SSSR count). The van der Waals surface area contributed by atoms with Crippen LogP contribution in [0.1, 0.15) is 34.7 Å². The fourth-order valence-corrected chi connectivity index (χ4v) is 3.21. The van der Waals surface area contributed by atoms with E-state index in [2.05, 4.69) is 15.6 Å². The number of furan rings is 1. The van der Waals surface area contributed by atoms with Gasteiger partial charge in [0.2, 0.25) is 0 Å². The average Bonchev–Trinajstić information content (AvgIpc) is 3.30. The van der Waals surface area contributed by atoms with Crippen molar-refractivity contribution in [3.63, 3.8) is 0 Å². The molecule has 2 aromatic rings. The second kappa shape index (κ2) is 12.1. The Balaban J connectivity index is 0.00000363. The fraction of sp³-hybridized carbons (Fsp3) is 0.429. The van der Waals surface area contributed by atoms with E-state index >= 15 is 0 Å². The third-order valence-corrected chi connectivity index (χ3v) is 4.69. The van der Waals surface area contributed by atoms with Crippen LogP contribution < -0.4 is 10.6 Å². The smallest absolute Gasteiger partial charge is 0.416 e. The van der Waals surface area contributed by atoms with Gasteiger partial charge in [0.05, 0.1) is 31.5 Å². The Kier molecular flexibility index (Phi) is 9.82. The molecule has 0 spiro atoms. The monoisotopic (exact) mass is 566 g/mol. The summed E-state index contributed by atoms with van der Waals surface area (Å²) in [6.07, 6.45) is -3.48. The van der Waals surface area contributed by atoms with E-state index in [1.807, 2.05) is 11.8 Å². The number of alkyl halides is 3. The maximum atomic E-state index is 13.0. The number of amides is 1. The number of guanidine groups is 1. The molecule has 0 aliphatic carbocycles. The lowest BCUT2D eigenvalue weighted by Gasteiger charge is -2.35. The molecule has 7 nitrogen and oxygen atoms in total. The largest absolute Gasteiger partial charge is 0.459 e. The molecule has 2 heterocycles. The number of halogens is 4. The molecule has 32 heavy (non-hydrogen) atoms. The van der Waals surface area contributed by atoms with Gasteiger partial charge in [-0.25, -0.2) is 0 Å². The van der Waals surface area contributed by atoms with Crippen LogP contribution in [-0.4, -0.2) is 56.1 Å². The molecule has 2 N–H and O–H groups in total. The standard InChI is InChI=1S/C21H25F3N4O3.HI/c1-2-25-20(27-9-8-26-19(29)17-7-4-11-30-17)28-10-12-31-18(14-28)15-5-3-6-16(13-15)21(22,23)24;/h3-7,11,13,18H,2,8-10,12,14H2,1H3,(H,25,27)(H,26,29);1H. The molecule has 1 atom stereocenters. The molecule has 1 aliphatic heterocycles. The van der Waals surface area contributed by atoms with Crippen LogP contribution in [0.25, 0.3) is 0 Å². The second-order valence-corrected chi connectivity index (χ2v) is 6.90. The molecule has 1 aromatic carbocycles. The number of benzene rings is 1. The lowest BCUT2D eigenvalue weighted by Crippen LogP contribution is -2.48. The Morgan fingerprint density at radius 1 is 1.25 bits per heavy atom. The van der Waals surface area contributed by atoms with Crippen LogP contribution in [-0.2, 0) is 10.9 Å². The Morgan fingerprint density at radius 3 is 2.75 bits per heavy atom. The predicted molar refractivity (Wildman–Crippen MR) is 124 cm³/mol. The first kappa shape index (κ1) is 26.0. The minimum atomic E-state index is -4.40. The van der Waals surface area contributed by atoms with Crippen molar-refractivity contribution in [2.24, 2.45) is 4.99 Å². The molecule has 1 amide bonds. The van der Waals surface area contributed by atoms with E-state index in [9.17, 15) is 18.0 Å². The van der Waals surface area contributed by atoms with Crippen LogP contribution in [0, 0.1) is 0 Å². The highest BCUT2D eigenvalue weighted by Gasteiger charge is 2.32. The molecule has 1 aromatic heterocycles. The highest BCUT2D eigenvalue weighted by molar-refractivity contribution is 14.0. The lowest BCUT2D eigenvalue weighted by atomic mass is 10.0. The van der Waals surface area contributed by atoms with E-state index in [1.165, 1.54) is 12.3 Å².